The van der Waals surface area contributed by atoms with E-state index in [9.17, 15) is 4.79 Å². The summed E-state index contributed by atoms with van der Waals surface area (Å²) in [7, 11) is 0. The molecule has 0 fully saturated rings. The molecule has 0 saturated heterocycles. The van der Waals surface area contributed by atoms with E-state index >= 15 is 0 Å². The second-order valence-electron chi connectivity index (χ2n) is 5.30. The molecule has 0 bridgehead atoms. The smallest absolute Gasteiger partial charge is 0.314 e. The van der Waals surface area contributed by atoms with Crippen LogP contribution in [-0.2, 0) is 10.2 Å². The van der Waals surface area contributed by atoms with E-state index in [-0.39, 0.29) is 5.41 Å². The zero-order valence-corrected chi connectivity index (χ0v) is 11.1. The monoisotopic (exact) mass is 236 g/mol. The molecule has 1 rings (SSSR count). The summed E-state index contributed by atoms with van der Waals surface area (Å²) in [5, 5.41) is 9.13. The van der Waals surface area contributed by atoms with E-state index in [4.69, 9.17) is 5.11 Å². The average Bonchev–Trinajstić information content (AvgIpc) is 2.15. The molecule has 4 nitrogen and oxygen atoms in total. The molecule has 0 aliphatic carbocycles. The summed E-state index contributed by atoms with van der Waals surface area (Å²) in [6, 6.07) is 1.91. The van der Waals surface area contributed by atoms with E-state index in [0.29, 0.717) is 12.2 Å². The van der Waals surface area contributed by atoms with Gasteiger partial charge in [0.05, 0.1) is 0 Å². The lowest BCUT2D eigenvalue weighted by Gasteiger charge is -2.20. The molecule has 0 aromatic carbocycles. The Hall–Kier alpha value is -1.45. The Labute approximate surface area is 102 Å². The van der Waals surface area contributed by atoms with E-state index in [2.05, 4.69) is 30.7 Å². The molecule has 0 aliphatic rings. The number of aliphatic carboxylic acids is 1. The van der Waals surface area contributed by atoms with Crippen LogP contribution in [0.4, 0.5) is 0 Å². The summed E-state index contributed by atoms with van der Waals surface area (Å²) in [5.41, 5.74) is 1.61. The standard InChI is InChI=1S/C13H20N2O2/c1-6-9(12(16)17)11-14-8(2)7-10(15-11)13(3,4)5/h7,9H,6H2,1-5H3,(H,16,17). The number of carboxylic acids is 1. The highest BCUT2D eigenvalue weighted by atomic mass is 16.4. The summed E-state index contributed by atoms with van der Waals surface area (Å²) in [6.45, 7) is 9.87. The summed E-state index contributed by atoms with van der Waals surface area (Å²) < 4.78 is 0. The maximum Gasteiger partial charge on any atom is 0.314 e. The molecule has 1 aromatic rings. The van der Waals surface area contributed by atoms with Crippen molar-refractivity contribution in [3.63, 3.8) is 0 Å². The first-order valence-electron chi connectivity index (χ1n) is 5.84. The van der Waals surface area contributed by atoms with Crippen LogP contribution >= 0.6 is 0 Å². The first kappa shape index (κ1) is 13.6. The van der Waals surface area contributed by atoms with E-state index < -0.39 is 11.9 Å². The fourth-order valence-electron chi connectivity index (χ4n) is 1.60. The Morgan fingerprint density at radius 1 is 1.41 bits per heavy atom. The van der Waals surface area contributed by atoms with Crippen molar-refractivity contribution in [2.24, 2.45) is 0 Å². The van der Waals surface area contributed by atoms with Gasteiger partial charge < -0.3 is 5.11 Å². The molecule has 1 atom stereocenters. The van der Waals surface area contributed by atoms with E-state index in [1.807, 2.05) is 19.9 Å². The van der Waals surface area contributed by atoms with Gasteiger partial charge in [-0.3, -0.25) is 4.79 Å². The lowest BCUT2D eigenvalue weighted by molar-refractivity contribution is -0.139. The number of carboxylic acid groups (broad SMARTS) is 1. The van der Waals surface area contributed by atoms with Crippen LogP contribution in [0.1, 0.15) is 57.2 Å². The zero-order valence-electron chi connectivity index (χ0n) is 11.1. The summed E-state index contributed by atoms with van der Waals surface area (Å²) >= 11 is 0. The van der Waals surface area contributed by atoms with Crippen molar-refractivity contribution in [1.29, 1.82) is 0 Å². The maximum atomic E-state index is 11.1. The number of carbonyl (C=O) groups is 1. The molecule has 1 unspecified atom stereocenters. The lowest BCUT2D eigenvalue weighted by Crippen LogP contribution is -2.20. The number of hydrogen-bond acceptors (Lipinski definition) is 3. The van der Waals surface area contributed by atoms with Crippen LogP contribution in [0.25, 0.3) is 0 Å². The predicted molar refractivity (Wildman–Crippen MR) is 66.1 cm³/mol. The Kier molecular flexibility index (Phi) is 3.86. The number of aryl methyl sites for hydroxylation is 1. The van der Waals surface area contributed by atoms with E-state index in [1.54, 1.807) is 0 Å². The molecule has 17 heavy (non-hydrogen) atoms. The van der Waals surface area contributed by atoms with Crippen LogP contribution in [0, 0.1) is 6.92 Å². The highest BCUT2D eigenvalue weighted by Gasteiger charge is 2.24. The second-order valence-corrected chi connectivity index (χ2v) is 5.30. The number of nitrogens with zero attached hydrogens (tertiary/aromatic N) is 2. The average molecular weight is 236 g/mol. The third-order valence-electron chi connectivity index (χ3n) is 2.66. The molecular formula is C13H20N2O2. The molecule has 1 N–H and O–H groups in total. The molecule has 0 aliphatic heterocycles. The largest absolute Gasteiger partial charge is 0.481 e. The molecule has 1 heterocycles. The molecule has 1 aromatic heterocycles. The summed E-state index contributed by atoms with van der Waals surface area (Å²) in [6.07, 6.45) is 0.502. The van der Waals surface area contributed by atoms with Gasteiger partial charge in [0.15, 0.2) is 0 Å². The van der Waals surface area contributed by atoms with Crippen LogP contribution < -0.4 is 0 Å². The fraction of sp³-hybridized carbons (Fsp3) is 0.615. The Morgan fingerprint density at radius 2 is 2.00 bits per heavy atom. The van der Waals surface area contributed by atoms with Crippen molar-refractivity contribution in [2.45, 2.75) is 52.4 Å². The van der Waals surface area contributed by atoms with Gasteiger partial charge >= 0.3 is 5.97 Å². The maximum absolute atomic E-state index is 11.1. The van der Waals surface area contributed by atoms with Crippen molar-refractivity contribution >= 4 is 5.97 Å². The third kappa shape index (κ3) is 3.25. The normalized spacial score (nSPS) is 13.5. The molecule has 0 amide bonds. The van der Waals surface area contributed by atoms with Crippen LogP contribution in [0.15, 0.2) is 6.07 Å². The van der Waals surface area contributed by atoms with Gasteiger partial charge in [-0.15, -0.1) is 0 Å². The fourth-order valence-corrected chi connectivity index (χ4v) is 1.60. The van der Waals surface area contributed by atoms with Gasteiger partial charge in [-0.2, -0.15) is 0 Å². The van der Waals surface area contributed by atoms with Gasteiger partial charge in [-0.05, 0) is 19.4 Å². The molecule has 0 radical (unpaired) electrons. The molecule has 0 spiro atoms. The number of aromatic nitrogens is 2. The molecule has 94 valence electrons. The van der Waals surface area contributed by atoms with E-state index in [1.165, 1.54) is 0 Å². The van der Waals surface area contributed by atoms with Gasteiger partial charge in [0.25, 0.3) is 0 Å². The minimum Gasteiger partial charge on any atom is -0.481 e. The molecule has 0 saturated carbocycles. The number of hydrogen-bond donors (Lipinski definition) is 1. The van der Waals surface area contributed by atoms with Crippen LogP contribution in [0.2, 0.25) is 0 Å². The zero-order chi connectivity index (χ0) is 13.2. The minimum atomic E-state index is -0.863. The molecule has 4 heteroatoms. The quantitative estimate of drug-likeness (QED) is 0.876. The summed E-state index contributed by atoms with van der Waals surface area (Å²) in [5.74, 6) is -1.06. The SMILES string of the molecule is CCC(C(=O)O)c1nc(C)cc(C(C)(C)C)n1. The van der Waals surface area contributed by atoms with Gasteiger partial charge in [-0.1, -0.05) is 27.7 Å². The van der Waals surface area contributed by atoms with Crippen molar-refractivity contribution in [3.8, 4) is 0 Å². The van der Waals surface area contributed by atoms with Crippen LogP contribution in [0.5, 0.6) is 0 Å². The minimum absolute atomic E-state index is 0.0980. The van der Waals surface area contributed by atoms with Crippen molar-refractivity contribution in [3.05, 3.63) is 23.3 Å². The van der Waals surface area contributed by atoms with Crippen LogP contribution in [-0.4, -0.2) is 21.0 Å². The van der Waals surface area contributed by atoms with Crippen LogP contribution in [0.3, 0.4) is 0 Å². The van der Waals surface area contributed by atoms with Crippen molar-refractivity contribution in [2.75, 3.05) is 0 Å². The Morgan fingerprint density at radius 3 is 2.41 bits per heavy atom. The molecular weight excluding hydrogens is 216 g/mol. The second kappa shape index (κ2) is 4.82. The van der Waals surface area contributed by atoms with Gasteiger partial charge in [0.1, 0.15) is 11.7 Å². The van der Waals surface area contributed by atoms with E-state index in [0.717, 1.165) is 11.4 Å². The first-order valence-corrected chi connectivity index (χ1v) is 5.84. The highest BCUT2D eigenvalue weighted by Crippen LogP contribution is 2.23. The number of rotatable bonds is 3. The Bertz CT molecular complexity index is 422. The Balaban J connectivity index is 3.26. The van der Waals surface area contributed by atoms with Gasteiger partial charge in [0, 0.05) is 16.8 Å². The topological polar surface area (TPSA) is 63.1 Å². The summed E-state index contributed by atoms with van der Waals surface area (Å²) in [4.78, 5) is 19.8. The highest BCUT2D eigenvalue weighted by molar-refractivity contribution is 5.74. The van der Waals surface area contributed by atoms with Gasteiger partial charge in [0.2, 0.25) is 0 Å². The predicted octanol–water partition coefficient (Wildman–Crippen LogP) is 2.66. The first-order chi connectivity index (χ1) is 7.75. The van der Waals surface area contributed by atoms with Gasteiger partial charge in [-0.25, -0.2) is 9.97 Å². The third-order valence-corrected chi connectivity index (χ3v) is 2.66. The lowest BCUT2D eigenvalue weighted by atomic mass is 9.91. The van der Waals surface area contributed by atoms with Crippen molar-refractivity contribution < 1.29 is 9.90 Å². The van der Waals surface area contributed by atoms with Crippen molar-refractivity contribution in [1.82, 2.24) is 9.97 Å².